The summed E-state index contributed by atoms with van der Waals surface area (Å²) >= 11 is 0. The first kappa shape index (κ1) is 9.73. The van der Waals surface area contributed by atoms with Gasteiger partial charge in [-0.15, -0.1) is 12.3 Å². The van der Waals surface area contributed by atoms with Crippen molar-refractivity contribution in [3.63, 3.8) is 0 Å². The molecule has 4 bridgehead atoms. The number of hydrogen-bond acceptors (Lipinski definition) is 1. The predicted molar refractivity (Wildman–Crippen MR) is 62.3 cm³/mol. The Kier molecular flexibility index (Phi) is 2.48. The van der Waals surface area contributed by atoms with Crippen molar-refractivity contribution in [2.75, 3.05) is 6.54 Å². The van der Waals surface area contributed by atoms with E-state index in [1.165, 1.54) is 25.7 Å². The summed E-state index contributed by atoms with van der Waals surface area (Å²) in [6, 6.07) is 0.811. The molecule has 1 heteroatoms. The van der Waals surface area contributed by atoms with Gasteiger partial charge in [-0.25, -0.2) is 0 Å². The Morgan fingerprint density at radius 3 is 2.13 bits per heavy atom. The molecule has 0 aromatic carbocycles. The quantitative estimate of drug-likeness (QED) is 0.549. The van der Waals surface area contributed by atoms with Crippen molar-refractivity contribution in [2.24, 2.45) is 23.7 Å². The van der Waals surface area contributed by atoms with E-state index in [2.05, 4.69) is 11.2 Å². The van der Waals surface area contributed by atoms with Gasteiger partial charge in [-0.2, -0.15) is 0 Å². The average molecular weight is 203 g/mol. The summed E-state index contributed by atoms with van der Waals surface area (Å²) < 4.78 is 0. The van der Waals surface area contributed by atoms with Crippen LogP contribution in [0.3, 0.4) is 0 Å². The lowest BCUT2D eigenvalue weighted by molar-refractivity contribution is -0.0132. The summed E-state index contributed by atoms with van der Waals surface area (Å²) in [5, 5.41) is 3.72. The normalized spacial score (nSPS) is 46.7. The molecule has 0 unspecified atom stereocenters. The standard InChI is InChI=1S/C14H21N/c1-2-3-4-15-14-12-6-10-5-11(8-12)9-13(14)7-10/h1,10-15H,3-9H2. The molecule has 0 aromatic heterocycles. The lowest BCUT2D eigenvalue weighted by Crippen LogP contribution is -2.54. The van der Waals surface area contributed by atoms with Crippen LogP contribution in [0.25, 0.3) is 0 Å². The van der Waals surface area contributed by atoms with Crippen molar-refractivity contribution in [1.82, 2.24) is 5.32 Å². The zero-order valence-electron chi connectivity index (χ0n) is 9.41. The molecule has 0 amide bonds. The molecule has 0 spiro atoms. The van der Waals surface area contributed by atoms with Crippen molar-refractivity contribution in [3.8, 4) is 12.3 Å². The molecular weight excluding hydrogens is 182 g/mol. The first-order valence-electron chi connectivity index (χ1n) is 6.53. The molecule has 0 atom stereocenters. The van der Waals surface area contributed by atoms with E-state index in [0.29, 0.717) is 0 Å². The van der Waals surface area contributed by atoms with Crippen LogP contribution >= 0.6 is 0 Å². The van der Waals surface area contributed by atoms with E-state index in [-0.39, 0.29) is 0 Å². The second kappa shape index (κ2) is 3.83. The molecule has 0 saturated heterocycles. The molecular formula is C14H21N. The second-order valence-corrected chi connectivity index (χ2v) is 5.86. The lowest BCUT2D eigenvalue weighted by Gasteiger charge is -2.54. The molecule has 0 heterocycles. The van der Waals surface area contributed by atoms with E-state index in [4.69, 9.17) is 6.42 Å². The Morgan fingerprint density at radius 1 is 1.00 bits per heavy atom. The van der Waals surface area contributed by atoms with Crippen molar-refractivity contribution in [3.05, 3.63) is 0 Å². The van der Waals surface area contributed by atoms with Crippen LogP contribution in [0.4, 0.5) is 0 Å². The van der Waals surface area contributed by atoms with Crippen LogP contribution in [0.2, 0.25) is 0 Å². The number of hydrogen-bond donors (Lipinski definition) is 1. The minimum absolute atomic E-state index is 0.811. The molecule has 0 radical (unpaired) electrons. The van der Waals surface area contributed by atoms with Gasteiger partial charge in [0.05, 0.1) is 0 Å². The van der Waals surface area contributed by atoms with Crippen LogP contribution in [0, 0.1) is 36.0 Å². The van der Waals surface area contributed by atoms with E-state index in [1.54, 1.807) is 6.42 Å². The van der Waals surface area contributed by atoms with E-state index in [0.717, 1.165) is 42.7 Å². The Balaban J connectivity index is 1.63. The molecule has 82 valence electrons. The fourth-order valence-corrected chi connectivity index (χ4v) is 4.57. The van der Waals surface area contributed by atoms with Crippen molar-refractivity contribution >= 4 is 0 Å². The monoisotopic (exact) mass is 203 g/mol. The summed E-state index contributed by atoms with van der Waals surface area (Å²) in [6.45, 7) is 1.03. The number of rotatable bonds is 3. The van der Waals surface area contributed by atoms with Crippen LogP contribution in [0.15, 0.2) is 0 Å². The van der Waals surface area contributed by atoms with E-state index < -0.39 is 0 Å². The highest BCUT2D eigenvalue weighted by atomic mass is 14.9. The van der Waals surface area contributed by atoms with Crippen LogP contribution < -0.4 is 5.32 Å². The van der Waals surface area contributed by atoms with Gasteiger partial charge in [-0.1, -0.05) is 0 Å². The third-order valence-corrected chi connectivity index (χ3v) is 4.88. The van der Waals surface area contributed by atoms with E-state index >= 15 is 0 Å². The van der Waals surface area contributed by atoms with Gasteiger partial charge in [0.25, 0.3) is 0 Å². The Hall–Kier alpha value is -0.480. The highest BCUT2D eigenvalue weighted by Crippen LogP contribution is 2.53. The molecule has 0 aliphatic heterocycles. The summed E-state index contributed by atoms with van der Waals surface area (Å²) in [5.74, 6) is 6.86. The zero-order chi connectivity index (χ0) is 10.3. The second-order valence-electron chi connectivity index (χ2n) is 5.86. The third-order valence-electron chi connectivity index (χ3n) is 4.88. The molecule has 4 rings (SSSR count). The summed E-state index contributed by atoms with van der Waals surface area (Å²) in [4.78, 5) is 0. The van der Waals surface area contributed by atoms with Crippen LogP contribution in [0.1, 0.15) is 38.5 Å². The van der Waals surface area contributed by atoms with Gasteiger partial charge in [0.2, 0.25) is 0 Å². The fraction of sp³-hybridized carbons (Fsp3) is 0.857. The molecule has 4 saturated carbocycles. The van der Waals surface area contributed by atoms with Crippen molar-refractivity contribution < 1.29 is 0 Å². The van der Waals surface area contributed by atoms with E-state index in [1.807, 2.05) is 0 Å². The van der Waals surface area contributed by atoms with Crippen molar-refractivity contribution in [2.45, 2.75) is 44.6 Å². The Labute approximate surface area is 93.0 Å². The van der Waals surface area contributed by atoms with Crippen LogP contribution in [-0.4, -0.2) is 12.6 Å². The first-order valence-corrected chi connectivity index (χ1v) is 6.53. The predicted octanol–water partition coefficient (Wildman–Crippen LogP) is 2.42. The summed E-state index contributed by atoms with van der Waals surface area (Å²) in [6.07, 6.45) is 13.7. The molecule has 4 aliphatic rings. The van der Waals surface area contributed by atoms with E-state index in [9.17, 15) is 0 Å². The topological polar surface area (TPSA) is 12.0 Å². The summed E-state index contributed by atoms with van der Waals surface area (Å²) in [5.41, 5.74) is 0. The zero-order valence-corrected chi connectivity index (χ0v) is 9.41. The van der Waals surface area contributed by atoms with Crippen LogP contribution in [-0.2, 0) is 0 Å². The minimum atomic E-state index is 0.811. The molecule has 4 aliphatic carbocycles. The van der Waals surface area contributed by atoms with Crippen LogP contribution in [0.5, 0.6) is 0 Å². The molecule has 1 nitrogen and oxygen atoms in total. The number of terminal acetylenes is 1. The Bertz CT molecular complexity index is 248. The maximum Gasteiger partial charge on any atom is 0.0212 e. The van der Waals surface area contributed by atoms with Gasteiger partial charge in [0, 0.05) is 19.0 Å². The van der Waals surface area contributed by atoms with Gasteiger partial charge in [-0.3, -0.25) is 0 Å². The lowest BCUT2D eigenvalue weighted by atomic mass is 9.54. The Morgan fingerprint density at radius 2 is 1.60 bits per heavy atom. The SMILES string of the molecule is C#CCCNC1C2CC3CC(C2)CC1C3. The maximum atomic E-state index is 5.30. The van der Waals surface area contributed by atoms with Crippen molar-refractivity contribution in [1.29, 1.82) is 0 Å². The fourth-order valence-electron chi connectivity index (χ4n) is 4.57. The van der Waals surface area contributed by atoms with Gasteiger partial charge in [0.15, 0.2) is 0 Å². The largest absolute Gasteiger partial charge is 0.312 e. The smallest absolute Gasteiger partial charge is 0.0212 e. The molecule has 0 aromatic rings. The molecule has 1 N–H and O–H groups in total. The minimum Gasteiger partial charge on any atom is -0.312 e. The maximum absolute atomic E-state index is 5.30. The average Bonchev–Trinajstić information content (AvgIpc) is 2.21. The number of nitrogens with one attached hydrogen (secondary N) is 1. The highest BCUT2D eigenvalue weighted by molar-refractivity contribution is 5.01. The molecule has 15 heavy (non-hydrogen) atoms. The molecule has 4 fully saturated rings. The van der Waals surface area contributed by atoms with Gasteiger partial charge in [0.1, 0.15) is 0 Å². The summed E-state index contributed by atoms with van der Waals surface area (Å²) in [7, 11) is 0. The van der Waals surface area contributed by atoms with Gasteiger partial charge in [-0.05, 0) is 55.8 Å². The third kappa shape index (κ3) is 1.70. The first-order chi connectivity index (χ1) is 7.36. The van der Waals surface area contributed by atoms with Gasteiger partial charge >= 0.3 is 0 Å². The van der Waals surface area contributed by atoms with Gasteiger partial charge < -0.3 is 5.32 Å². The highest BCUT2D eigenvalue weighted by Gasteiger charge is 2.47.